The molecule has 0 spiro atoms. The van der Waals surface area contributed by atoms with E-state index in [1.165, 1.54) is 6.20 Å². The Hall–Kier alpha value is -2.29. The van der Waals surface area contributed by atoms with Crippen molar-refractivity contribution in [3.8, 4) is 18.2 Å². The lowest BCUT2D eigenvalue weighted by Crippen LogP contribution is -2.29. The number of rotatable bonds is 6. The van der Waals surface area contributed by atoms with Gasteiger partial charge in [-0.2, -0.15) is 4.98 Å². The number of hydrogen-bond acceptors (Lipinski definition) is 5. The molecule has 6 heteroatoms. The lowest BCUT2D eigenvalue weighted by Gasteiger charge is -2.11. The lowest BCUT2D eigenvalue weighted by atomic mass is 10.2. The summed E-state index contributed by atoms with van der Waals surface area (Å²) in [5.74, 6) is 1.79. The number of hydrogen-bond donors (Lipinski definition) is 2. The van der Waals surface area contributed by atoms with Crippen LogP contribution in [-0.2, 0) is 4.79 Å². The molecule has 90 valence electrons. The molecule has 0 fully saturated rings. The first-order valence-corrected chi connectivity index (χ1v) is 5.06. The van der Waals surface area contributed by atoms with E-state index in [0.29, 0.717) is 12.5 Å². The molecule has 0 amide bonds. The van der Waals surface area contributed by atoms with Gasteiger partial charge in [-0.1, -0.05) is 0 Å². The zero-order chi connectivity index (χ0) is 12.7. The number of carboxylic acid groups (broad SMARTS) is 1. The molecule has 0 saturated carbocycles. The largest absolute Gasteiger partial charge is 0.480 e. The summed E-state index contributed by atoms with van der Waals surface area (Å²) in [5.41, 5.74) is 0. The summed E-state index contributed by atoms with van der Waals surface area (Å²) < 4.78 is 5.17. The minimum absolute atomic E-state index is 0.0531. The highest BCUT2D eigenvalue weighted by molar-refractivity contribution is 5.76. The maximum atomic E-state index is 10.9. The van der Waals surface area contributed by atoms with Crippen molar-refractivity contribution in [2.24, 2.45) is 0 Å². The quantitative estimate of drug-likeness (QED) is 0.708. The van der Waals surface area contributed by atoms with Crippen LogP contribution in [0.25, 0.3) is 0 Å². The Balaban J connectivity index is 2.75. The van der Waals surface area contributed by atoms with Gasteiger partial charge in [0.15, 0.2) is 0 Å². The Bertz CT molecular complexity index is 428. The summed E-state index contributed by atoms with van der Waals surface area (Å²) in [4.78, 5) is 18.7. The fraction of sp³-hybridized carbons (Fsp3) is 0.364. The van der Waals surface area contributed by atoms with Crippen LogP contribution in [0.3, 0.4) is 0 Å². The smallest absolute Gasteiger partial charge is 0.327 e. The summed E-state index contributed by atoms with van der Waals surface area (Å²) in [6.07, 6.45) is 6.61. The fourth-order valence-electron chi connectivity index (χ4n) is 1.11. The van der Waals surface area contributed by atoms with Gasteiger partial charge in [0.1, 0.15) is 6.04 Å². The van der Waals surface area contributed by atoms with E-state index in [9.17, 15) is 4.79 Å². The first-order chi connectivity index (χ1) is 8.17. The Morgan fingerprint density at radius 1 is 1.76 bits per heavy atom. The number of carboxylic acids is 1. The standard InChI is InChI=1S/C11H13N3O3/c1-3-5-8(10(15)16)13-11-12-7-6-9(14-11)17-4-2/h1,6-8H,4-5H2,2H3,(H,15,16)(H,12,13,14). The number of aromatic nitrogens is 2. The van der Waals surface area contributed by atoms with E-state index in [2.05, 4.69) is 21.2 Å². The van der Waals surface area contributed by atoms with Crippen molar-refractivity contribution in [1.29, 1.82) is 0 Å². The number of ether oxygens (including phenoxy) is 1. The number of aliphatic carboxylic acids is 1. The van der Waals surface area contributed by atoms with Gasteiger partial charge < -0.3 is 15.2 Å². The zero-order valence-electron chi connectivity index (χ0n) is 9.38. The molecule has 0 aliphatic rings. The van der Waals surface area contributed by atoms with Gasteiger partial charge in [0.25, 0.3) is 0 Å². The van der Waals surface area contributed by atoms with E-state index < -0.39 is 12.0 Å². The van der Waals surface area contributed by atoms with Crippen LogP contribution in [0.4, 0.5) is 5.95 Å². The first-order valence-electron chi connectivity index (χ1n) is 5.06. The van der Waals surface area contributed by atoms with Crippen LogP contribution in [0.1, 0.15) is 13.3 Å². The number of nitrogens with zero attached hydrogens (tertiary/aromatic N) is 2. The van der Waals surface area contributed by atoms with E-state index >= 15 is 0 Å². The van der Waals surface area contributed by atoms with Crippen LogP contribution in [0, 0.1) is 12.3 Å². The maximum Gasteiger partial charge on any atom is 0.327 e. The van der Waals surface area contributed by atoms with Gasteiger partial charge in [-0.05, 0) is 6.92 Å². The molecular weight excluding hydrogens is 222 g/mol. The predicted molar refractivity (Wildman–Crippen MR) is 61.7 cm³/mol. The van der Waals surface area contributed by atoms with E-state index in [0.717, 1.165) is 0 Å². The molecule has 0 radical (unpaired) electrons. The van der Waals surface area contributed by atoms with E-state index in [1.54, 1.807) is 6.07 Å². The van der Waals surface area contributed by atoms with E-state index in [4.69, 9.17) is 16.3 Å². The Morgan fingerprint density at radius 3 is 3.12 bits per heavy atom. The van der Waals surface area contributed by atoms with E-state index in [1.807, 2.05) is 6.92 Å². The predicted octanol–water partition coefficient (Wildman–Crippen LogP) is 0.764. The van der Waals surface area contributed by atoms with Gasteiger partial charge in [0, 0.05) is 18.7 Å². The van der Waals surface area contributed by atoms with Crippen LogP contribution in [0.5, 0.6) is 5.88 Å². The molecule has 1 unspecified atom stereocenters. The second-order valence-corrected chi connectivity index (χ2v) is 3.09. The minimum Gasteiger partial charge on any atom is -0.480 e. The molecule has 1 rings (SSSR count). The second-order valence-electron chi connectivity index (χ2n) is 3.09. The van der Waals surface area contributed by atoms with E-state index in [-0.39, 0.29) is 12.4 Å². The summed E-state index contributed by atoms with van der Waals surface area (Å²) in [5, 5.41) is 11.5. The number of carbonyl (C=O) groups is 1. The van der Waals surface area contributed by atoms with Crippen LogP contribution < -0.4 is 10.1 Å². The van der Waals surface area contributed by atoms with Crippen molar-refractivity contribution in [2.45, 2.75) is 19.4 Å². The molecule has 1 atom stereocenters. The third-order valence-electron chi connectivity index (χ3n) is 1.85. The van der Waals surface area contributed by atoms with Gasteiger partial charge in [-0.3, -0.25) is 0 Å². The van der Waals surface area contributed by atoms with Crippen molar-refractivity contribution >= 4 is 11.9 Å². The third kappa shape index (κ3) is 3.99. The minimum atomic E-state index is -1.05. The Kier molecular flexibility index (Phi) is 4.76. The average Bonchev–Trinajstić information content (AvgIpc) is 2.29. The lowest BCUT2D eigenvalue weighted by molar-refractivity contribution is -0.137. The van der Waals surface area contributed by atoms with Gasteiger partial charge in [-0.15, -0.1) is 12.3 Å². The van der Waals surface area contributed by atoms with Crippen LogP contribution in [0.2, 0.25) is 0 Å². The molecule has 0 aromatic carbocycles. The fourth-order valence-corrected chi connectivity index (χ4v) is 1.11. The van der Waals surface area contributed by atoms with Gasteiger partial charge in [-0.25, -0.2) is 9.78 Å². The second kappa shape index (κ2) is 6.33. The SMILES string of the molecule is C#CCC(Nc1nccc(OCC)n1)C(=O)O. The molecule has 2 N–H and O–H groups in total. The van der Waals surface area contributed by atoms with Gasteiger partial charge >= 0.3 is 5.97 Å². The summed E-state index contributed by atoms with van der Waals surface area (Å²) in [7, 11) is 0. The van der Waals surface area contributed by atoms with Crippen LogP contribution >= 0.6 is 0 Å². The van der Waals surface area contributed by atoms with Crippen molar-refractivity contribution in [1.82, 2.24) is 9.97 Å². The van der Waals surface area contributed by atoms with Crippen molar-refractivity contribution in [3.05, 3.63) is 12.3 Å². The molecule has 0 saturated heterocycles. The Morgan fingerprint density at radius 2 is 2.53 bits per heavy atom. The molecule has 6 nitrogen and oxygen atoms in total. The summed E-state index contributed by atoms with van der Waals surface area (Å²) in [6, 6.07) is 0.683. The van der Waals surface area contributed by atoms with Crippen LogP contribution in [-0.4, -0.2) is 33.7 Å². The number of terminal acetylenes is 1. The summed E-state index contributed by atoms with van der Waals surface area (Å²) in [6.45, 7) is 2.30. The van der Waals surface area contributed by atoms with Crippen LogP contribution in [0.15, 0.2) is 12.3 Å². The van der Waals surface area contributed by atoms with Gasteiger partial charge in [0.05, 0.1) is 6.61 Å². The highest BCUT2D eigenvalue weighted by Gasteiger charge is 2.17. The van der Waals surface area contributed by atoms with Crippen molar-refractivity contribution in [2.75, 3.05) is 11.9 Å². The zero-order valence-corrected chi connectivity index (χ0v) is 9.38. The van der Waals surface area contributed by atoms with Crippen molar-refractivity contribution < 1.29 is 14.6 Å². The topological polar surface area (TPSA) is 84.3 Å². The molecule has 1 aromatic rings. The maximum absolute atomic E-state index is 10.9. The van der Waals surface area contributed by atoms with Crippen molar-refractivity contribution in [3.63, 3.8) is 0 Å². The monoisotopic (exact) mass is 235 g/mol. The molecule has 0 bridgehead atoms. The molecule has 1 aromatic heterocycles. The number of nitrogens with one attached hydrogen (secondary N) is 1. The normalized spacial score (nSPS) is 11.3. The van der Waals surface area contributed by atoms with Gasteiger partial charge in [0.2, 0.25) is 11.8 Å². The highest BCUT2D eigenvalue weighted by Crippen LogP contribution is 2.10. The average molecular weight is 235 g/mol. The molecule has 1 heterocycles. The summed E-state index contributed by atoms with van der Waals surface area (Å²) >= 11 is 0. The highest BCUT2D eigenvalue weighted by atomic mass is 16.5. The molecule has 0 aliphatic carbocycles. The molecule has 17 heavy (non-hydrogen) atoms. The number of anilines is 1. The molecular formula is C11H13N3O3. The molecule has 0 aliphatic heterocycles. The Labute approximate surface area is 99.0 Å². The first kappa shape index (κ1) is 12.8. The third-order valence-corrected chi connectivity index (χ3v) is 1.85.